The van der Waals surface area contributed by atoms with Crippen molar-refractivity contribution in [2.24, 2.45) is 5.73 Å². The van der Waals surface area contributed by atoms with Crippen molar-refractivity contribution in [1.82, 2.24) is 0 Å². The van der Waals surface area contributed by atoms with Crippen molar-refractivity contribution < 1.29 is 17.9 Å². The highest BCUT2D eigenvalue weighted by molar-refractivity contribution is 8.00. The quantitative estimate of drug-likeness (QED) is 0.822. The summed E-state index contributed by atoms with van der Waals surface area (Å²) in [7, 11) is 0. The Morgan fingerprint density at radius 1 is 1.33 bits per heavy atom. The molecule has 1 heterocycles. The summed E-state index contributed by atoms with van der Waals surface area (Å²) in [6, 6.07) is 0. The first-order valence-electron chi connectivity index (χ1n) is 5.04. The molecule has 1 atom stereocenters. The van der Waals surface area contributed by atoms with E-state index in [4.69, 9.17) is 10.5 Å². The fourth-order valence-corrected chi connectivity index (χ4v) is 2.86. The van der Waals surface area contributed by atoms with Gasteiger partial charge in [0.05, 0.1) is 0 Å². The summed E-state index contributed by atoms with van der Waals surface area (Å²) in [4.78, 5) is 0. The number of nitrogens with two attached hydrogens (primary N) is 1. The largest absolute Gasteiger partial charge is 0.400 e. The molecule has 1 aliphatic rings. The lowest BCUT2D eigenvalue weighted by Gasteiger charge is -2.27. The molecule has 15 heavy (non-hydrogen) atoms. The molecule has 1 fully saturated rings. The van der Waals surface area contributed by atoms with Crippen LogP contribution in [0, 0.1) is 0 Å². The third-order valence-electron chi connectivity index (χ3n) is 2.32. The van der Waals surface area contributed by atoms with Crippen LogP contribution in [0.15, 0.2) is 0 Å². The van der Waals surface area contributed by atoms with Gasteiger partial charge in [-0.3, -0.25) is 0 Å². The lowest BCUT2D eigenvalue weighted by molar-refractivity contribution is -0.129. The summed E-state index contributed by atoms with van der Waals surface area (Å²) in [5.74, 6) is 0. The number of ether oxygens (including phenoxy) is 1. The van der Waals surface area contributed by atoms with Crippen molar-refractivity contribution >= 4 is 11.8 Å². The molecule has 2 nitrogen and oxygen atoms in total. The molecule has 0 aliphatic carbocycles. The fourth-order valence-electron chi connectivity index (χ4n) is 1.50. The normalized spacial score (nSPS) is 21.6. The van der Waals surface area contributed by atoms with Gasteiger partial charge in [-0.15, -0.1) is 11.8 Å². The summed E-state index contributed by atoms with van der Waals surface area (Å²) in [6.07, 6.45) is -2.71. The van der Waals surface area contributed by atoms with Crippen LogP contribution in [0.25, 0.3) is 0 Å². The summed E-state index contributed by atoms with van der Waals surface area (Å²) in [5.41, 5.74) is 5.19. The summed E-state index contributed by atoms with van der Waals surface area (Å²) in [5, 5.41) is -1.25. The van der Waals surface area contributed by atoms with Gasteiger partial charge in [-0.2, -0.15) is 13.2 Å². The van der Waals surface area contributed by atoms with E-state index in [9.17, 15) is 13.2 Å². The maximum atomic E-state index is 12.6. The molecular formula is C9H16F3NOS. The first-order chi connectivity index (χ1) is 7.04. The Morgan fingerprint density at radius 3 is 2.40 bits per heavy atom. The van der Waals surface area contributed by atoms with Crippen LogP contribution in [0.1, 0.15) is 19.3 Å². The molecular weight excluding hydrogens is 227 g/mol. The van der Waals surface area contributed by atoms with Gasteiger partial charge < -0.3 is 10.5 Å². The zero-order valence-electron chi connectivity index (χ0n) is 8.43. The summed E-state index contributed by atoms with van der Waals surface area (Å²) in [6.45, 7) is 1.23. The van der Waals surface area contributed by atoms with Crippen LogP contribution < -0.4 is 5.73 Å². The molecule has 0 bridgehead atoms. The molecule has 1 saturated heterocycles. The minimum Gasteiger partial charge on any atom is -0.381 e. The lowest BCUT2D eigenvalue weighted by Crippen LogP contribution is -2.31. The molecule has 6 heteroatoms. The number of rotatable bonds is 4. The topological polar surface area (TPSA) is 35.2 Å². The van der Waals surface area contributed by atoms with Crippen molar-refractivity contribution in [3.05, 3.63) is 0 Å². The van der Waals surface area contributed by atoms with Crippen LogP contribution in [0.2, 0.25) is 0 Å². The highest BCUT2D eigenvalue weighted by Crippen LogP contribution is 2.37. The predicted octanol–water partition coefficient (Wildman–Crippen LogP) is 2.18. The Balaban J connectivity index is 2.42. The van der Waals surface area contributed by atoms with Gasteiger partial charge in [-0.25, -0.2) is 0 Å². The van der Waals surface area contributed by atoms with E-state index in [1.165, 1.54) is 0 Å². The molecule has 0 aromatic heterocycles. The van der Waals surface area contributed by atoms with Gasteiger partial charge in [0, 0.05) is 18.5 Å². The van der Waals surface area contributed by atoms with E-state index in [0.717, 1.165) is 11.8 Å². The highest BCUT2D eigenvalue weighted by atomic mass is 32.2. The zero-order valence-corrected chi connectivity index (χ0v) is 9.24. The average molecular weight is 243 g/mol. The Hall–Kier alpha value is 0.0600. The minimum absolute atomic E-state index is 0.00548. The average Bonchev–Trinajstić information content (AvgIpc) is 2.17. The fraction of sp³-hybridized carbons (Fsp3) is 1.00. The Morgan fingerprint density at radius 2 is 1.93 bits per heavy atom. The van der Waals surface area contributed by atoms with E-state index in [1.54, 1.807) is 0 Å². The lowest BCUT2D eigenvalue weighted by atomic mass is 10.2. The van der Waals surface area contributed by atoms with Gasteiger partial charge in [-0.05, 0) is 25.8 Å². The number of hydrogen-bond acceptors (Lipinski definition) is 3. The van der Waals surface area contributed by atoms with E-state index < -0.39 is 11.4 Å². The Bertz CT molecular complexity index is 183. The standard InChI is InChI=1S/C9H16F3NOS/c10-9(11,12)8(1-4-13)15-7-2-5-14-6-3-7/h7-8H,1-6,13H2. The first-order valence-corrected chi connectivity index (χ1v) is 5.98. The van der Waals surface area contributed by atoms with Crippen LogP contribution in [-0.4, -0.2) is 36.4 Å². The van der Waals surface area contributed by atoms with Gasteiger partial charge >= 0.3 is 6.18 Å². The molecule has 0 aromatic carbocycles. The van der Waals surface area contributed by atoms with Crippen LogP contribution in [0.3, 0.4) is 0 Å². The second-order valence-corrected chi connectivity index (χ2v) is 5.06. The number of thioether (sulfide) groups is 1. The molecule has 1 rings (SSSR count). The summed E-state index contributed by atoms with van der Waals surface area (Å²) >= 11 is 1.01. The molecule has 0 radical (unpaired) electrons. The van der Waals surface area contributed by atoms with E-state index in [2.05, 4.69) is 0 Å². The zero-order chi connectivity index (χ0) is 11.3. The minimum atomic E-state index is -4.14. The molecule has 0 aromatic rings. The maximum absolute atomic E-state index is 12.6. The highest BCUT2D eigenvalue weighted by Gasteiger charge is 2.40. The molecule has 0 spiro atoms. The monoisotopic (exact) mass is 243 g/mol. The van der Waals surface area contributed by atoms with Gasteiger partial charge in [0.2, 0.25) is 0 Å². The first kappa shape index (κ1) is 13.1. The van der Waals surface area contributed by atoms with Crippen LogP contribution in [-0.2, 0) is 4.74 Å². The second-order valence-electron chi connectivity index (χ2n) is 3.56. The number of hydrogen-bond donors (Lipinski definition) is 1. The molecule has 1 aliphatic heterocycles. The smallest absolute Gasteiger partial charge is 0.381 e. The van der Waals surface area contributed by atoms with Gasteiger partial charge in [0.25, 0.3) is 0 Å². The number of halogens is 3. The van der Waals surface area contributed by atoms with E-state index in [1.807, 2.05) is 0 Å². The summed E-state index contributed by atoms with van der Waals surface area (Å²) < 4.78 is 42.8. The van der Waals surface area contributed by atoms with E-state index in [-0.39, 0.29) is 18.2 Å². The predicted molar refractivity (Wildman–Crippen MR) is 54.9 cm³/mol. The molecule has 0 saturated carbocycles. The van der Waals surface area contributed by atoms with Crippen LogP contribution in [0.5, 0.6) is 0 Å². The Kier molecular flexibility index (Phi) is 5.22. The van der Waals surface area contributed by atoms with Crippen molar-refractivity contribution in [2.75, 3.05) is 19.8 Å². The maximum Gasteiger partial charge on any atom is 0.400 e. The van der Waals surface area contributed by atoms with Crippen molar-refractivity contribution in [3.8, 4) is 0 Å². The Labute approximate surface area is 91.7 Å². The van der Waals surface area contributed by atoms with Crippen LogP contribution >= 0.6 is 11.8 Å². The molecule has 1 unspecified atom stereocenters. The van der Waals surface area contributed by atoms with Gasteiger partial charge in [0.1, 0.15) is 5.25 Å². The van der Waals surface area contributed by atoms with Crippen molar-refractivity contribution in [3.63, 3.8) is 0 Å². The van der Waals surface area contributed by atoms with E-state index in [0.29, 0.717) is 26.1 Å². The third-order valence-corrected chi connectivity index (χ3v) is 4.01. The molecule has 90 valence electrons. The molecule has 2 N–H and O–H groups in total. The second kappa shape index (κ2) is 5.96. The van der Waals surface area contributed by atoms with Crippen LogP contribution in [0.4, 0.5) is 13.2 Å². The van der Waals surface area contributed by atoms with Crippen molar-refractivity contribution in [2.45, 2.75) is 35.9 Å². The van der Waals surface area contributed by atoms with Gasteiger partial charge in [0.15, 0.2) is 0 Å². The van der Waals surface area contributed by atoms with E-state index >= 15 is 0 Å². The third kappa shape index (κ3) is 4.61. The molecule has 0 amide bonds. The van der Waals surface area contributed by atoms with Gasteiger partial charge in [-0.1, -0.05) is 0 Å². The SMILES string of the molecule is NCCC(SC1CCOCC1)C(F)(F)F. The number of alkyl halides is 3. The van der Waals surface area contributed by atoms with Crippen molar-refractivity contribution in [1.29, 1.82) is 0 Å².